The van der Waals surface area contributed by atoms with Crippen molar-refractivity contribution in [2.24, 2.45) is 0 Å². The van der Waals surface area contributed by atoms with Crippen molar-refractivity contribution < 1.29 is 14.0 Å². The fourth-order valence-corrected chi connectivity index (χ4v) is 2.95. The lowest BCUT2D eigenvalue weighted by Crippen LogP contribution is -2.17. The third kappa shape index (κ3) is 5.41. The normalized spacial score (nSPS) is 13.0. The summed E-state index contributed by atoms with van der Waals surface area (Å²) in [5.41, 5.74) is 3.62. The molecule has 0 spiro atoms. The molecule has 0 N–H and O–H groups in total. The number of carbonyl (C=O) groups is 2. The molecule has 2 amide bonds. The van der Waals surface area contributed by atoms with E-state index in [9.17, 15) is 14.0 Å². The van der Waals surface area contributed by atoms with Crippen LogP contribution < -0.4 is 0 Å². The molecule has 0 aliphatic carbocycles. The van der Waals surface area contributed by atoms with Crippen LogP contribution in [0.4, 0.5) is 4.39 Å². The van der Waals surface area contributed by atoms with E-state index in [4.69, 9.17) is 5.26 Å². The Kier molecular flexibility index (Phi) is 9.01. The van der Waals surface area contributed by atoms with Crippen molar-refractivity contribution in [3.05, 3.63) is 70.0 Å². The van der Waals surface area contributed by atoms with Crippen molar-refractivity contribution in [3.8, 4) is 6.07 Å². The maximum Gasteiger partial charge on any atom is 0.254 e. The first-order valence-corrected chi connectivity index (χ1v) is 9.73. The van der Waals surface area contributed by atoms with Crippen molar-refractivity contribution >= 4 is 11.8 Å². The largest absolute Gasteiger partial charge is 0.337 e. The molecule has 2 heterocycles. The molecular weight excluding hydrogens is 369 g/mol. The maximum absolute atomic E-state index is 12.7. The van der Waals surface area contributed by atoms with Crippen LogP contribution in [0, 0.1) is 17.1 Å². The summed E-state index contributed by atoms with van der Waals surface area (Å²) in [6.07, 6.45) is 0. The van der Waals surface area contributed by atoms with E-state index >= 15 is 0 Å². The number of fused-ring (bicyclic) bond motifs is 2. The summed E-state index contributed by atoms with van der Waals surface area (Å²) in [5, 5.41) is 8.65. The fraction of sp³-hybridized carbons (Fsp3) is 0.348. The summed E-state index contributed by atoms with van der Waals surface area (Å²) in [6, 6.07) is 11.5. The van der Waals surface area contributed by atoms with Gasteiger partial charge < -0.3 is 9.80 Å². The first-order valence-electron chi connectivity index (χ1n) is 9.73. The van der Waals surface area contributed by atoms with Gasteiger partial charge in [0.05, 0.1) is 11.6 Å². The van der Waals surface area contributed by atoms with Gasteiger partial charge in [-0.2, -0.15) is 5.26 Å². The van der Waals surface area contributed by atoms with E-state index in [1.165, 1.54) is 18.2 Å². The molecule has 29 heavy (non-hydrogen) atoms. The highest BCUT2D eigenvalue weighted by Crippen LogP contribution is 2.22. The first-order chi connectivity index (χ1) is 13.9. The minimum atomic E-state index is -0.281. The van der Waals surface area contributed by atoms with Crippen LogP contribution in [0.1, 0.15) is 65.1 Å². The third-order valence-electron chi connectivity index (χ3n) is 4.28. The third-order valence-corrected chi connectivity index (χ3v) is 4.28. The van der Waals surface area contributed by atoms with Crippen LogP contribution in [0.25, 0.3) is 0 Å². The molecule has 4 rings (SSSR count). The Morgan fingerprint density at radius 3 is 1.97 bits per heavy atom. The Hall–Kier alpha value is -3.20. The minimum absolute atomic E-state index is 0.00657. The number of nitriles is 1. The van der Waals surface area contributed by atoms with Gasteiger partial charge in [-0.05, 0) is 41.5 Å². The van der Waals surface area contributed by atoms with E-state index < -0.39 is 0 Å². The zero-order chi connectivity index (χ0) is 22.1. The number of benzene rings is 2. The molecule has 0 bridgehead atoms. The van der Waals surface area contributed by atoms with Crippen LogP contribution in [0.5, 0.6) is 0 Å². The Bertz CT molecular complexity index is 919. The lowest BCUT2D eigenvalue weighted by Gasteiger charge is -2.04. The first kappa shape index (κ1) is 23.8. The van der Waals surface area contributed by atoms with Crippen molar-refractivity contribution in [2.75, 3.05) is 14.1 Å². The van der Waals surface area contributed by atoms with Crippen LogP contribution in [0.3, 0.4) is 0 Å². The lowest BCUT2D eigenvalue weighted by molar-refractivity contribution is 0.0809. The van der Waals surface area contributed by atoms with E-state index in [1.54, 1.807) is 36.0 Å². The zero-order valence-corrected chi connectivity index (χ0v) is 17.9. The van der Waals surface area contributed by atoms with E-state index in [1.807, 2.05) is 39.8 Å². The predicted octanol–water partition coefficient (Wildman–Crippen LogP) is 4.61. The van der Waals surface area contributed by atoms with Crippen LogP contribution in [0.2, 0.25) is 0 Å². The quantitative estimate of drug-likeness (QED) is 0.652. The van der Waals surface area contributed by atoms with Crippen molar-refractivity contribution in [1.82, 2.24) is 9.80 Å². The van der Waals surface area contributed by atoms with Crippen molar-refractivity contribution in [2.45, 2.75) is 40.8 Å². The minimum Gasteiger partial charge on any atom is -0.337 e. The van der Waals surface area contributed by atoms with Gasteiger partial charge in [0.15, 0.2) is 0 Å². The molecule has 0 radical (unpaired) electrons. The van der Waals surface area contributed by atoms with Gasteiger partial charge in [0.2, 0.25) is 0 Å². The number of amides is 2. The summed E-state index contributed by atoms with van der Waals surface area (Å²) in [4.78, 5) is 26.0. The molecular formula is C23H28FN3O2. The number of hydrogen-bond donors (Lipinski definition) is 0. The summed E-state index contributed by atoms with van der Waals surface area (Å²) >= 11 is 0. The summed E-state index contributed by atoms with van der Waals surface area (Å²) in [6.45, 7) is 9.17. The van der Waals surface area contributed by atoms with E-state index in [-0.39, 0.29) is 17.6 Å². The molecule has 2 aromatic rings. The summed E-state index contributed by atoms with van der Waals surface area (Å²) in [7, 11) is 3.47. The Labute approximate surface area is 172 Å². The lowest BCUT2D eigenvalue weighted by atomic mass is 10.1. The second kappa shape index (κ2) is 11.0. The number of hydrogen-bond acceptors (Lipinski definition) is 3. The number of nitrogens with zero attached hydrogens (tertiary/aromatic N) is 3. The number of rotatable bonds is 0. The SMILES string of the molecule is CC.CC.CN1Cc2cc(F)ccc2C1=O.CN1Cc2ccc(C#N)cc2C1=O. The molecule has 0 saturated carbocycles. The average molecular weight is 397 g/mol. The average Bonchev–Trinajstić information content (AvgIpc) is 3.19. The molecule has 0 aromatic heterocycles. The van der Waals surface area contributed by atoms with Gasteiger partial charge in [0.25, 0.3) is 11.8 Å². The topological polar surface area (TPSA) is 64.4 Å². The molecule has 2 aliphatic rings. The molecule has 0 saturated heterocycles. The van der Waals surface area contributed by atoms with Crippen LogP contribution in [-0.4, -0.2) is 35.7 Å². The van der Waals surface area contributed by atoms with E-state index in [2.05, 4.69) is 0 Å². The van der Waals surface area contributed by atoms with Gasteiger partial charge in [-0.25, -0.2) is 4.39 Å². The van der Waals surface area contributed by atoms with Crippen molar-refractivity contribution in [3.63, 3.8) is 0 Å². The molecule has 6 heteroatoms. The summed E-state index contributed by atoms with van der Waals surface area (Å²) < 4.78 is 12.7. The van der Waals surface area contributed by atoms with Gasteiger partial charge >= 0.3 is 0 Å². The molecule has 2 aliphatic heterocycles. The second-order valence-corrected chi connectivity index (χ2v) is 6.11. The molecule has 5 nitrogen and oxygen atoms in total. The molecule has 2 aromatic carbocycles. The van der Waals surface area contributed by atoms with Crippen LogP contribution in [-0.2, 0) is 13.1 Å². The van der Waals surface area contributed by atoms with Gasteiger partial charge in [-0.1, -0.05) is 33.8 Å². The smallest absolute Gasteiger partial charge is 0.254 e. The van der Waals surface area contributed by atoms with Gasteiger partial charge in [0.1, 0.15) is 5.82 Å². The standard InChI is InChI=1S/C10H8N2O.C9H8FNO.2C2H6/c1-12-6-8-3-2-7(5-11)4-9(8)10(12)13;1-11-5-6-4-7(10)2-3-8(6)9(11)12;2*1-2/h2-4H,6H2,1H3;2-4H,5H2,1H3;2*1-2H3. The van der Waals surface area contributed by atoms with E-state index in [0.29, 0.717) is 29.8 Å². The fourth-order valence-electron chi connectivity index (χ4n) is 2.95. The highest BCUT2D eigenvalue weighted by molar-refractivity contribution is 5.98. The molecule has 154 valence electrons. The summed E-state index contributed by atoms with van der Waals surface area (Å²) in [5.74, 6) is -0.297. The van der Waals surface area contributed by atoms with Crippen molar-refractivity contribution in [1.29, 1.82) is 5.26 Å². The van der Waals surface area contributed by atoms with Gasteiger partial charge in [-0.15, -0.1) is 0 Å². The molecule has 0 atom stereocenters. The Morgan fingerprint density at radius 1 is 0.828 bits per heavy atom. The van der Waals surface area contributed by atoms with E-state index in [0.717, 1.165) is 11.1 Å². The maximum atomic E-state index is 12.7. The predicted molar refractivity (Wildman–Crippen MR) is 112 cm³/mol. The van der Waals surface area contributed by atoms with Gasteiger partial charge in [-0.3, -0.25) is 9.59 Å². The highest BCUT2D eigenvalue weighted by Gasteiger charge is 2.24. The number of halogens is 1. The van der Waals surface area contributed by atoms with Crippen LogP contribution >= 0.6 is 0 Å². The monoisotopic (exact) mass is 397 g/mol. The molecule has 0 unspecified atom stereocenters. The zero-order valence-electron chi connectivity index (χ0n) is 17.9. The molecule has 0 fully saturated rings. The number of carbonyl (C=O) groups excluding carboxylic acids is 2. The van der Waals surface area contributed by atoms with Crippen LogP contribution in [0.15, 0.2) is 36.4 Å². The second-order valence-electron chi connectivity index (χ2n) is 6.11. The van der Waals surface area contributed by atoms with Gasteiger partial charge in [0, 0.05) is 38.3 Å². The highest BCUT2D eigenvalue weighted by atomic mass is 19.1. The Morgan fingerprint density at radius 2 is 1.38 bits per heavy atom. The Balaban J connectivity index is 0.000000248.